The van der Waals surface area contributed by atoms with E-state index < -0.39 is 0 Å². The van der Waals surface area contributed by atoms with Gasteiger partial charge in [0.2, 0.25) is 5.91 Å². The van der Waals surface area contributed by atoms with Crippen LogP contribution in [-0.2, 0) is 17.8 Å². The number of ether oxygens (including phenoxy) is 1. The number of para-hydroxylation sites is 2. The predicted molar refractivity (Wildman–Crippen MR) is 126 cm³/mol. The van der Waals surface area contributed by atoms with E-state index in [-0.39, 0.29) is 12.3 Å². The highest BCUT2D eigenvalue weighted by molar-refractivity contribution is 7.13. The van der Waals surface area contributed by atoms with Gasteiger partial charge in [-0.3, -0.25) is 9.69 Å². The molecule has 1 fully saturated rings. The highest BCUT2D eigenvalue weighted by Crippen LogP contribution is 2.26. The van der Waals surface area contributed by atoms with Crippen LogP contribution in [0.3, 0.4) is 0 Å². The molecule has 0 saturated carbocycles. The molecule has 1 N–H and O–H groups in total. The monoisotopic (exact) mass is 436 g/mol. The van der Waals surface area contributed by atoms with E-state index in [2.05, 4.69) is 46.4 Å². The first-order valence-corrected chi connectivity index (χ1v) is 11.4. The maximum absolute atomic E-state index is 12.5. The number of carbonyl (C=O) groups excluding carboxylic acids is 1. The minimum absolute atomic E-state index is 0.106. The Balaban J connectivity index is 1.38. The maximum atomic E-state index is 12.5. The van der Waals surface area contributed by atoms with Gasteiger partial charge in [-0.25, -0.2) is 4.98 Å². The fourth-order valence-corrected chi connectivity index (χ4v) is 4.51. The quantitative estimate of drug-likeness (QED) is 0.611. The van der Waals surface area contributed by atoms with Crippen LogP contribution in [0.5, 0.6) is 5.75 Å². The van der Waals surface area contributed by atoms with Gasteiger partial charge in [0.25, 0.3) is 0 Å². The Labute approximate surface area is 187 Å². The number of benzene rings is 2. The van der Waals surface area contributed by atoms with Gasteiger partial charge in [0.05, 0.1) is 24.9 Å². The first kappa shape index (κ1) is 21.5. The van der Waals surface area contributed by atoms with E-state index in [0.717, 1.165) is 49.0 Å². The summed E-state index contributed by atoms with van der Waals surface area (Å²) in [6.07, 6.45) is 0.232. The van der Waals surface area contributed by atoms with Crippen molar-refractivity contribution in [2.45, 2.75) is 13.0 Å². The van der Waals surface area contributed by atoms with Crippen LogP contribution in [0.2, 0.25) is 0 Å². The highest BCUT2D eigenvalue weighted by Gasteiger charge is 2.15. The molecular weight excluding hydrogens is 408 g/mol. The molecule has 1 saturated heterocycles. The number of amides is 1. The van der Waals surface area contributed by atoms with E-state index in [0.29, 0.717) is 11.4 Å². The largest absolute Gasteiger partial charge is 0.495 e. The van der Waals surface area contributed by atoms with Crippen molar-refractivity contribution in [2.75, 3.05) is 45.7 Å². The summed E-state index contributed by atoms with van der Waals surface area (Å²) in [5.41, 5.74) is 3.85. The molecule has 6 nitrogen and oxygen atoms in total. The number of aromatic nitrogens is 1. The number of nitrogens with one attached hydrogen (secondary N) is 1. The lowest BCUT2D eigenvalue weighted by Crippen LogP contribution is -2.43. The Kier molecular flexibility index (Phi) is 6.96. The van der Waals surface area contributed by atoms with Gasteiger partial charge in [0, 0.05) is 43.7 Å². The molecule has 2 heterocycles. The summed E-state index contributed by atoms with van der Waals surface area (Å²) < 4.78 is 5.30. The number of methoxy groups -OCH3 is 1. The van der Waals surface area contributed by atoms with E-state index in [1.165, 1.54) is 5.56 Å². The van der Waals surface area contributed by atoms with Gasteiger partial charge < -0.3 is 15.0 Å². The molecule has 4 rings (SSSR count). The number of nitrogens with zero attached hydrogens (tertiary/aromatic N) is 3. The lowest BCUT2D eigenvalue weighted by molar-refractivity contribution is -0.115. The number of piperazine rings is 1. The van der Waals surface area contributed by atoms with Crippen molar-refractivity contribution in [2.24, 2.45) is 0 Å². The third-order valence-corrected chi connectivity index (χ3v) is 6.39. The molecule has 3 aromatic rings. The van der Waals surface area contributed by atoms with Crippen molar-refractivity contribution in [3.63, 3.8) is 0 Å². The van der Waals surface area contributed by atoms with Crippen LogP contribution in [0, 0.1) is 0 Å². The number of likely N-dealkylation sites (N-methyl/N-ethyl adjacent to an activating group) is 1. The standard InChI is InChI=1S/C24H28N4O2S/c1-27-10-12-28(13-11-27)16-18-6-5-7-19(14-18)24-25-20(17-31-24)15-23(29)26-21-8-3-4-9-22(21)30-2/h3-9,14,17H,10-13,15-16H2,1-2H3,(H,26,29). The molecule has 0 atom stereocenters. The van der Waals surface area contributed by atoms with Crippen LogP contribution in [-0.4, -0.2) is 61.0 Å². The smallest absolute Gasteiger partial charge is 0.230 e. The Hall–Kier alpha value is -2.74. The fraction of sp³-hybridized carbons (Fsp3) is 0.333. The van der Waals surface area contributed by atoms with Crippen LogP contribution in [0.25, 0.3) is 10.6 Å². The fourth-order valence-electron chi connectivity index (χ4n) is 3.69. The molecule has 1 aliphatic rings. The Morgan fingerprint density at radius 2 is 1.94 bits per heavy atom. The number of anilines is 1. The molecule has 1 amide bonds. The molecule has 0 spiro atoms. The summed E-state index contributed by atoms with van der Waals surface area (Å²) in [6, 6.07) is 16.0. The van der Waals surface area contributed by atoms with Gasteiger partial charge in [0.1, 0.15) is 10.8 Å². The molecule has 0 bridgehead atoms. The molecule has 0 aliphatic carbocycles. The Bertz CT molecular complexity index is 1030. The van der Waals surface area contributed by atoms with Gasteiger partial charge in [-0.15, -0.1) is 11.3 Å². The molecule has 0 radical (unpaired) electrons. The van der Waals surface area contributed by atoms with Crippen LogP contribution in [0.15, 0.2) is 53.9 Å². The zero-order chi connectivity index (χ0) is 21.6. The zero-order valence-electron chi connectivity index (χ0n) is 18.0. The number of rotatable bonds is 7. The van der Waals surface area contributed by atoms with Gasteiger partial charge in [0.15, 0.2) is 0 Å². The molecule has 1 aromatic heterocycles. The second-order valence-corrected chi connectivity index (χ2v) is 8.71. The molecule has 0 unspecified atom stereocenters. The van der Waals surface area contributed by atoms with Crippen LogP contribution < -0.4 is 10.1 Å². The minimum atomic E-state index is -0.106. The van der Waals surface area contributed by atoms with E-state index in [1.807, 2.05) is 29.6 Å². The third-order valence-electron chi connectivity index (χ3n) is 5.45. The minimum Gasteiger partial charge on any atom is -0.495 e. The third kappa shape index (κ3) is 5.70. The van der Waals surface area contributed by atoms with Crippen molar-refractivity contribution >= 4 is 22.9 Å². The van der Waals surface area contributed by atoms with Gasteiger partial charge in [-0.05, 0) is 30.8 Å². The molecule has 31 heavy (non-hydrogen) atoms. The second-order valence-electron chi connectivity index (χ2n) is 7.85. The van der Waals surface area contributed by atoms with Crippen LogP contribution in [0.4, 0.5) is 5.69 Å². The molecule has 7 heteroatoms. The number of thiazole rings is 1. The Morgan fingerprint density at radius 1 is 1.13 bits per heavy atom. The van der Waals surface area contributed by atoms with Crippen molar-refractivity contribution in [1.29, 1.82) is 0 Å². The average molecular weight is 437 g/mol. The van der Waals surface area contributed by atoms with Gasteiger partial charge in [-0.1, -0.05) is 30.3 Å². The Morgan fingerprint density at radius 3 is 2.74 bits per heavy atom. The van der Waals surface area contributed by atoms with Gasteiger partial charge >= 0.3 is 0 Å². The summed E-state index contributed by atoms with van der Waals surface area (Å²) in [6.45, 7) is 5.40. The SMILES string of the molecule is COc1ccccc1NC(=O)Cc1csc(-c2cccc(CN3CCN(C)CC3)c2)n1. The van der Waals surface area contributed by atoms with E-state index >= 15 is 0 Å². The van der Waals surface area contributed by atoms with Crippen LogP contribution in [0.1, 0.15) is 11.3 Å². The summed E-state index contributed by atoms with van der Waals surface area (Å²) in [5, 5.41) is 5.82. The molecule has 2 aromatic carbocycles. The van der Waals surface area contributed by atoms with E-state index in [1.54, 1.807) is 18.4 Å². The van der Waals surface area contributed by atoms with Crippen molar-refractivity contribution < 1.29 is 9.53 Å². The predicted octanol–water partition coefficient (Wildman–Crippen LogP) is 3.75. The maximum Gasteiger partial charge on any atom is 0.230 e. The van der Waals surface area contributed by atoms with Crippen molar-refractivity contribution in [3.8, 4) is 16.3 Å². The molecular formula is C24H28N4O2S. The lowest BCUT2D eigenvalue weighted by atomic mass is 10.1. The number of hydrogen-bond donors (Lipinski definition) is 1. The first-order chi connectivity index (χ1) is 15.1. The summed E-state index contributed by atoms with van der Waals surface area (Å²) in [7, 11) is 3.77. The summed E-state index contributed by atoms with van der Waals surface area (Å²) in [5.74, 6) is 0.539. The van der Waals surface area contributed by atoms with Crippen molar-refractivity contribution in [1.82, 2.24) is 14.8 Å². The zero-order valence-corrected chi connectivity index (χ0v) is 18.8. The lowest BCUT2D eigenvalue weighted by Gasteiger charge is -2.32. The first-order valence-electron chi connectivity index (χ1n) is 10.5. The van der Waals surface area contributed by atoms with Gasteiger partial charge in [-0.2, -0.15) is 0 Å². The topological polar surface area (TPSA) is 57.7 Å². The summed E-state index contributed by atoms with van der Waals surface area (Å²) >= 11 is 1.58. The molecule has 162 valence electrons. The normalized spacial score (nSPS) is 15.0. The number of carbonyl (C=O) groups is 1. The molecule has 1 aliphatic heterocycles. The highest BCUT2D eigenvalue weighted by atomic mass is 32.1. The van der Waals surface area contributed by atoms with Crippen molar-refractivity contribution in [3.05, 3.63) is 65.2 Å². The van der Waals surface area contributed by atoms with Crippen LogP contribution >= 0.6 is 11.3 Å². The average Bonchev–Trinajstić information content (AvgIpc) is 3.24. The van der Waals surface area contributed by atoms with E-state index in [4.69, 9.17) is 9.72 Å². The summed E-state index contributed by atoms with van der Waals surface area (Å²) in [4.78, 5) is 22.1. The number of hydrogen-bond acceptors (Lipinski definition) is 6. The second kappa shape index (κ2) is 10.0. The van der Waals surface area contributed by atoms with E-state index in [9.17, 15) is 4.79 Å².